The van der Waals surface area contributed by atoms with Gasteiger partial charge in [0.15, 0.2) is 0 Å². The first-order valence-electron chi connectivity index (χ1n) is 5.87. The summed E-state index contributed by atoms with van der Waals surface area (Å²) < 4.78 is 42.2. The smallest absolute Gasteiger partial charge is 0.378 e. The van der Waals surface area contributed by atoms with E-state index in [1.165, 1.54) is 12.1 Å². The number of methoxy groups -OCH3 is 1. The van der Waals surface area contributed by atoms with Gasteiger partial charge in [0.2, 0.25) is 5.91 Å². The Kier molecular flexibility index (Phi) is 3.80. The normalized spacial score (nSPS) is 16.3. The summed E-state index contributed by atoms with van der Waals surface area (Å²) in [4.78, 5) is 13.4. The fraction of sp³-hybridized carbons (Fsp3) is 0.462. The maximum atomic E-state index is 12.4. The second-order valence-electron chi connectivity index (χ2n) is 4.53. The molecule has 0 spiro atoms. The minimum absolute atomic E-state index is 0.0801. The van der Waals surface area contributed by atoms with Gasteiger partial charge in [-0.25, -0.2) is 0 Å². The number of carbonyl (C=O) groups excluding carboxylic acids is 1. The summed E-state index contributed by atoms with van der Waals surface area (Å²) in [7, 11) is 1.59. The van der Waals surface area contributed by atoms with Gasteiger partial charge < -0.3 is 9.64 Å². The molecular weight excluding hydrogens is 259 g/mol. The van der Waals surface area contributed by atoms with Crippen molar-refractivity contribution in [2.45, 2.75) is 18.7 Å². The van der Waals surface area contributed by atoms with E-state index < -0.39 is 11.7 Å². The number of nitrogens with zero attached hydrogens (tertiary/aromatic N) is 1. The van der Waals surface area contributed by atoms with Crippen LogP contribution in [0.5, 0.6) is 0 Å². The highest BCUT2D eigenvalue weighted by Crippen LogP contribution is 2.29. The van der Waals surface area contributed by atoms with Crippen LogP contribution in [0.15, 0.2) is 24.3 Å². The van der Waals surface area contributed by atoms with Gasteiger partial charge >= 0.3 is 6.18 Å². The Balaban J connectivity index is 1.91. The van der Waals surface area contributed by atoms with Gasteiger partial charge in [0.25, 0.3) is 0 Å². The van der Waals surface area contributed by atoms with Gasteiger partial charge in [-0.2, -0.15) is 13.2 Å². The van der Waals surface area contributed by atoms with Crippen LogP contribution < -0.4 is 0 Å². The van der Waals surface area contributed by atoms with Crippen molar-refractivity contribution in [2.75, 3.05) is 20.2 Å². The Morgan fingerprint density at radius 2 is 1.89 bits per heavy atom. The Morgan fingerprint density at radius 1 is 1.32 bits per heavy atom. The predicted molar refractivity (Wildman–Crippen MR) is 62.5 cm³/mol. The van der Waals surface area contributed by atoms with Crippen LogP contribution in [0, 0.1) is 0 Å². The number of hydrogen-bond acceptors (Lipinski definition) is 2. The number of hydrogen-bond donors (Lipinski definition) is 0. The molecule has 1 aromatic carbocycles. The predicted octanol–water partition coefficient (Wildman–Crippen LogP) is 2.11. The van der Waals surface area contributed by atoms with Gasteiger partial charge in [0, 0.05) is 20.2 Å². The second-order valence-corrected chi connectivity index (χ2v) is 4.53. The highest BCUT2D eigenvalue weighted by atomic mass is 19.4. The highest BCUT2D eigenvalue weighted by molar-refractivity contribution is 5.79. The molecule has 1 amide bonds. The van der Waals surface area contributed by atoms with Crippen molar-refractivity contribution in [3.8, 4) is 0 Å². The van der Waals surface area contributed by atoms with E-state index in [4.69, 9.17) is 4.74 Å². The lowest BCUT2D eigenvalue weighted by Crippen LogP contribution is -2.54. The van der Waals surface area contributed by atoms with Crippen LogP contribution in [0.1, 0.15) is 11.1 Å². The van der Waals surface area contributed by atoms with Gasteiger partial charge in [-0.05, 0) is 17.7 Å². The molecule has 3 nitrogen and oxygen atoms in total. The average Bonchev–Trinajstić information content (AvgIpc) is 2.27. The summed E-state index contributed by atoms with van der Waals surface area (Å²) in [5.74, 6) is -0.0898. The quantitative estimate of drug-likeness (QED) is 0.844. The third-order valence-corrected chi connectivity index (χ3v) is 3.17. The lowest BCUT2D eigenvalue weighted by molar-refractivity contribution is -0.142. The minimum Gasteiger partial charge on any atom is -0.378 e. The van der Waals surface area contributed by atoms with Crippen molar-refractivity contribution in [3.05, 3.63) is 35.4 Å². The molecule has 19 heavy (non-hydrogen) atoms. The summed E-state index contributed by atoms with van der Waals surface area (Å²) in [6, 6.07) is 4.68. The maximum absolute atomic E-state index is 12.4. The maximum Gasteiger partial charge on any atom is 0.416 e. The largest absolute Gasteiger partial charge is 0.416 e. The summed E-state index contributed by atoms with van der Waals surface area (Å²) in [6.07, 6.45) is -4.14. The van der Waals surface area contributed by atoms with Gasteiger partial charge in [-0.15, -0.1) is 0 Å². The molecule has 1 fully saturated rings. The number of ether oxygens (including phenoxy) is 1. The summed E-state index contributed by atoms with van der Waals surface area (Å²) >= 11 is 0. The highest BCUT2D eigenvalue weighted by Gasteiger charge is 2.31. The van der Waals surface area contributed by atoms with Crippen molar-refractivity contribution >= 4 is 5.91 Å². The Morgan fingerprint density at radius 3 is 2.37 bits per heavy atom. The molecule has 0 aliphatic carbocycles. The SMILES string of the molecule is COC1CN(C(=O)Cc2ccc(C(F)(F)F)cc2)C1. The van der Waals surface area contributed by atoms with Crippen LogP contribution in [-0.2, 0) is 22.1 Å². The molecule has 6 heteroatoms. The molecule has 0 bridgehead atoms. The van der Waals surface area contributed by atoms with Crippen LogP contribution in [0.4, 0.5) is 13.2 Å². The summed E-state index contributed by atoms with van der Waals surface area (Å²) in [5, 5.41) is 0. The first-order valence-corrected chi connectivity index (χ1v) is 5.87. The van der Waals surface area contributed by atoms with Crippen LogP contribution in [0.25, 0.3) is 0 Å². The van der Waals surface area contributed by atoms with Crippen molar-refractivity contribution in [3.63, 3.8) is 0 Å². The van der Waals surface area contributed by atoms with Crippen molar-refractivity contribution in [2.24, 2.45) is 0 Å². The molecule has 0 saturated carbocycles. The van der Waals surface area contributed by atoms with E-state index in [9.17, 15) is 18.0 Å². The number of likely N-dealkylation sites (tertiary alicyclic amines) is 1. The van der Waals surface area contributed by atoms with Crippen LogP contribution in [0.2, 0.25) is 0 Å². The minimum atomic E-state index is -4.34. The van der Waals surface area contributed by atoms with Gasteiger partial charge in [0.1, 0.15) is 0 Å². The average molecular weight is 273 g/mol. The van der Waals surface area contributed by atoms with E-state index >= 15 is 0 Å². The molecule has 2 rings (SSSR count). The zero-order valence-corrected chi connectivity index (χ0v) is 10.4. The Bertz CT molecular complexity index is 450. The van der Waals surface area contributed by atoms with Crippen molar-refractivity contribution in [1.29, 1.82) is 0 Å². The first kappa shape index (κ1) is 13.9. The fourth-order valence-electron chi connectivity index (χ4n) is 1.89. The molecule has 1 aliphatic heterocycles. The number of alkyl halides is 3. The topological polar surface area (TPSA) is 29.5 Å². The third kappa shape index (κ3) is 3.26. The Labute approximate surface area is 109 Å². The number of carbonyl (C=O) groups is 1. The molecule has 1 saturated heterocycles. The number of halogens is 3. The molecule has 1 aliphatic rings. The van der Waals surface area contributed by atoms with Crippen LogP contribution in [-0.4, -0.2) is 37.1 Å². The van der Waals surface area contributed by atoms with Crippen LogP contribution in [0.3, 0.4) is 0 Å². The van der Waals surface area contributed by atoms with Gasteiger partial charge in [-0.1, -0.05) is 12.1 Å². The molecule has 0 atom stereocenters. The summed E-state index contributed by atoms with van der Waals surface area (Å²) in [5.41, 5.74) is -0.119. The van der Waals surface area contributed by atoms with Crippen molar-refractivity contribution in [1.82, 2.24) is 4.90 Å². The van der Waals surface area contributed by atoms with E-state index in [-0.39, 0.29) is 18.4 Å². The number of rotatable bonds is 3. The molecule has 0 unspecified atom stereocenters. The van der Waals surface area contributed by atoms with E-state index in [2.05, 4.69) is 0 Å². The lowest BCUT2D eigenvalue weighted by atomic mass is 10.1. The monoisotopic (exact) mass is 273 g/mol. The standard InChI is InChI=1S/C13H14F3NO2/c1-19-11-7-17(8-11)12(18)6-9-2-4-10(5-3-9)13(14,15)16/h2-5,11H,6-8H2,1H3. The van der Waals surface area contributed by atoms with E-state index in [0.717, 1.165) is 12.1 Å². The van der Waals surface area contributed by atoms with E-state index in [1.807, 2.05) is 0 Å². The van der Waals surface area contributed by atoms with Crippen LogP contribution >= 0.6 is 0 Å². The number of amides is 1. The zero-order chi connectivity index (χ0) is 14.0. The fourth-order valence-corrected chi connectivity index (χ4v) is 1.89. The van der Waals surface area contributed by atoms with E-state index in [1.54, 1.807) is 12.0 Å². The summed E-state index contributed by atoms with van der Waals surface area (Å²) in [6.45, 7) is 1.10. The molecule has 0 radical (unpaired) electrons. The molecule has 0 N–H and O–H groups in total. The lowest BCUT2D eigenvalue weighted by Gasteiger charge is -2.38. The van der Waals surface area contributed by atoms with E-state index in [0.29, 0.717) is 18.7 Å². The van der Waals surface area contributed by atoms with Crippen molar-refractivity contribution < 1.29 is 22.7 Å². The molecular formula is C13H14F3NO2. The second kappa shape index (κ2) is 5.21. The third-order valence-electron chi connectivity index (χ3n) is 3.17. The molecule has 104 valence electrons. The molecule has 0 aromatic heterocycles. The van der Waals surface area contributed by atoms with Gasteiger partial charge in [-0.3, -0.25) is 4.79 Å². The number of benzene rings is 1. The first-order chi connectivity index (χ1) is 8.90. The Hall–Kier alpha value is -1.56. The molecule has 1 aromatic rings. The zero-order valence-electron chi connectivity index (χ0n) is 10.4. The molecule has 1 heterocycles. The van der Waals surface area contributed by atoms with Gasteiger partial charge in [0.05, 0.1) is 18.1 Å².